The number of hydrogen-bond acceptors (Lipinski definition) is 4. The standard InChI is InChI=1S/C12H13BrN4/c13-10-3-1-2-9(6-10)12-11(16-5-4-14)7-15-8-17-12/h1-3,6-8,16H,4-5,14H2. The van der Waals surface area contributed by atoms with Gasteiger partial charge in [-0.25, -0.2) is 9.97 Å². The molecule has 2 aromatic rings. The van der Waals surface area contributed by atoms with Crippen LogP contribution in [0.4, 0.5) is 5.69 Å². The SMILES string of the molecule is NCCNc1cncnc1-c1cccc(Br)c1. The number of anilines is 1. The fourth-order valence-corrected chi connectivity index (χ4v) is 1.93. The van der Waals surface area contributed by atoms with Crippen LogP contribution in [0.2, 0.25) is 0 Å². The maximum atomic E-state index is 5.48. The van der Waals surface area contributed by atoms with Crippen LogP contribution in [0.5, 0.6) is 0 Å². The molecule has 0 fully saturated rings. The van der Waals surface area contributed by atoms with Crippen molar-refractivity contribution in [3.63, 3.8) is 0 Å². The molecule has 1 aromatic carbocycles. The molecule has 0 unspecified atom stereocenters. The van der Waals surface area contributed by atoms with Crippen LogP contribution in [0.1, 0.15) is 0 Å². The topological polar surface area (TPSA) is 63.8 Å². The lowest BCUT2D eigenvalue weighted by molar-refractivity contribution is 1.02. The normalized spacial score (nSPS) is 10.2. The molecule has 0 aliphatic heterocycles. The Bertz CT molecular complexity index is 501. The average molecular weight is 293 g/mol. The number of nitrogens with one attached hydrogen (secondary N) is 1. The molecule has 0 saturated carbocycles. The second-order valence-electron chi connectivity index (χ2n) is 3.51. The van der Waals surface area contributed by atoms with Gasteiger partial charge in [0.1, 0.15) is 6.33 Å². The van der Waals surface area contributed by atoms with E-state index < -0.39 is 0 Å². The summed E-state index contributed by atoms with van der Waals surface area (Å²) < 4.78 is 1.03. The van der Waals surface area contributed by atoms with E-state index in [0.717, 1.165) is 21.4 Å². The fraction of sp³-hybridized carbons (Fsp3) is 0.167. The maximum Gasteiger partial charge on any atom is 0.116 e. The number of rotatable bonds is 4. The van der Waals surface area contributed by atoms with Crippen LogP contribution >= 0.6 is 15.9 Å². The molecule has 17 heavy (non-hydrogen) atoms. The van der Waals surface area contributed by atoms with Crippen LogP contribution in [-0.4, -0.2) is 23.1 Å². The summed E-state index contributed by atoms with van der Waals surface area (Å²) >= 11 is 3.45. The highest BCUT2D eigenvalue weighted by atomic mass is 79.9. The quantitative estimate of drug-likeness (QED) is 0.907. The van der Waals surface area contributed by atoms with Gasteiger partial charge in [0, 0.05) is 23.1 Å². The Hall–Kier alpha value is -1.46. The van der Waals surface area contributed by atoms with Gasteiger partial charge in [-0.05, 0) is 12.1 Å². The Balaban J connectivity index is 2.37. The predicted molar refractivity (Wildman–Crippen MR) is 72.7 cm³/mol. The lowest BCUT2D eigenvalue weighted by atomic mass is 10.1. The van der Waals surface area contributed by atoms with Crippen molar-refractivity contribution >= 4 is 21.6 Å². The van der Waals surface area contributed by atoms with Crippen molar-refractivity contribution in [1.29, 1.82) is 0 Å². The molecule has 0 aliphatic carbocycles. The predicted octanol–water partition coefficient (Wildman–Crippen LogP) is 2.28. The van der Waals surface area contributed by atoms with Crippen molar-refractivity contribution in [2.45, 2.75) is 0 Å². The van der Waals surface area contributed by atoms with E-state index in [1.807, 2.05) is 24.3 Å². The van der Waals surface area contributed by atoms with Gasteiger partial charge in [-0.2, -0.15) is 0 Å². The van der Waals surface area contributed by atoms with E-state index in [1.54, 1.807) is 12.5 Å². The third-order valence-electron chi connectivity index (χ3n) is 2.27. The highest BCUT2D eigenvalue weighted by Crippen LogP contribution is 2.26. The van der Waals surface area contributed by atoms with Crippen molar-refractivity contribution < 1.29 is 0 Å². The van der Waals surface area contributed by atoms with Crippen LogP contribution in [0.3, 0.4) is 0 Å². The van der Waals surface area contributed by atoms with Gasteiger partial charge < -0.3 is 11.1 Å². The summed E-state index contributed by atoms with van der Waals surface area (Å²) in [4.78, 5) is 8.33. The van der Waals surface area contributed by atoms with E-state index in [4.69, 9.17) is 5.73 Å². The lowest BCUT2D eigenvalue weighted by Crippen LogP contribution is -2.14. The van der Waals surface area contributed by atoms with Gasteiger partial charge >= 0.3 is 0 Å². The number of benzene rings is 1. The zero-order valence-electron chi connectivity index (χ0n) is 9.23. The summed E-state index contributed by atoms with van der Waals surface area (Å²) in [6.07, 6.45) is 3.31. The molecular weight excluding hydrogens is 280 g/mol. The Morgan fingerprint density at radius 2 is 2.24 bits per heavy atom. The zero-order chi connectivity index (χ0) is 12.1. The monoisotopic (exact) mass is 292 g/mol. The molecule has 2 rings (SSSR count). The largest absolute Gasteiger partial charge is 0.381 e. The molecule has 0 bridgehead atoms. The van der Waals surface area contributed by atoms with Crippen LogP contribution in [0.15, 0.2) is 41.3 Å². The third kappa shape index (κ3) is 3.01. The minimum absolute atomic E-state index is 0.576. The molecule has 5 heteroatoms. The van der Waals surface area contributed by atoms with E-state index in [1.165, 1.54) is 0 Å². The Morgan fingerprint density at radius 3 is 3.00 bits per heavy atom. The van der Waals surface area contributed by atoms with E-state index in [2.05, 4.69) is 31.2 Å². The van der Waals surface area contributed by atoms with Crippen LogP contribution < -0.4 is 11.1 Å². The lowest BCUT2D eigenvalue weighted by Gasteiger charge is -2.09. The molecule has 0 atom stereocenters. The highest BCUT2D eigenvalue weighted by Gasteiger charge is 2.06. The van der Waals surface area contributed by atoms with Gasteiger partial charge in [-0.1, -0.05) is 28.1 Å². The minimum Gasteiger partial charge on any atom is -0.381 e. The van der Waals surface area contributed by atoms with Crippen molar-refractivity contribution in [1.82, 2.24) is 9.97 Å². The molecule has 0 aliphatic rings. The molecule has 4 nitrogen and oxygen atoms in total. The summed E-state index contributed by atoms with van der Waals surface area (Å²) in [6, 6.07) is 8.00. The summed E-state index contributed by atoms with van der Waals surface area (Å²) in [6.45, 7) is 1.28. The average Bonchev–Trinajstić information content (AvgIpc) is 2.37. The van der Waals surface area contributed by atoms with Crippen LogP contribution in [0.25, 0.3) is 11.3 Å². The Labute approximate surface area is 108 Å². The first-order valence-corrected chi connectivity index (χ1v) is 6.10. The van der Waals surface area contributed by atoms with Crippen molar-refractivity contribution in [3.8, 4) is 11.3 Å². The van der Waals surface area contributed by atoms with Crippen LogP contribution in [-0.2, 0) is 0 Å². The van der Waals surface area contributed by atoms with Crippen molar-refractivity contribution in [2.75, 3.05) is 18.4 Å². The Morgan fingerprint density at radius 1 is 1.35 bits per heavy atom. The first-order chi connectivity index (χ1) is 8.31. The third-order valence-corrected chi connectivity index (χ3v) is 2.76. The summed E-state index contributed by atoms with van der Waals surface area (Å²) in [5.41, 5.74) is 8.30. The van der Waals surface area contributed by atoms with Gasteiger partial charge in [0.15, 0.2) is 0 Å². The van der Waals surface area contributed by atoms with Crippen molar-refractivity contribution in [3.05, 3.63) is 41.3 Å². The van der Waals surface area contributed by atoms with Gasteiger partial charge in [-0.15, -0.1) is 0 Å². The van der Waals surface area contributed by atoms with Gasteiger partial charge in [0.2, 0.25) is 0 Å². The van der Waals surface area contributed by atoms with E-state index in [9.17, 15) is 0 Å². The van der Waals surface area contributed by atoms with Gasteiger partial charge in [-0.3, -0.25) is 0 Å². The number of aromatic nitrogens is 2. The summed E-state index contributed by atoms with van der Waals surface area (Å²) in [5.74, 6) is 0. The molecule has 0 saturated heterocycles. The molecule has 3 N–H and O–H groups in total. The van der Waals surface area contributed by atoms with Crippen molar-refractivity contribution in [2.24, 2.45) is 5.73 Å². The molecule has 0 radical (unpaired) electrons. The summed E-state index contributed by atoms with van der Waals surface area (Å²) in [5, 5.41) is 3.22. The molecular formula is C12H13BrN4. The Kier molecular flexibility index (Phi) is 4.06. The summed E-state index contributed by atoms with van der Waals surface area (Å²) in [7, 11) is 0. The van der Waals surface area contributed by atoms with E-state index in [-0.39, 0.29) is 0 Å². The minimum atomic E-state index is 0.576. The number of halogens is 1. The molecule has 1 aromatic heterocycles. The second-order valence-corrected chi connectivity index (χ2v) is 4.43. The highest BCUT2D eigenvalue weighted by molar-refractivity contribution is 9.10. The zero-order valence-corrected chi connectivity index (χ0v) is 10.8. The van der Waals surface area contributed by atoms with E-state index >= 15 is 0 Å². The number of nitrogens with two attached hydrogens (primary N) is 1. The first kappa shape index (κ1) is 12.0. The second kappa shape index (κ2) is 5.75. The van der Waals surface area contributed by atoms with Gasteiger partial charge in [0.05, 0.1) is 17.6 Å². The molecule has 0 amide bonds. The number of nitrogens with zero attached hydrogens (tertiary/aromatic N) is 2. The maximum absolute atomic E-state index is 5.48. The first-order valence-electron chi connectivity index (χ1n) is 5.31. The van der Waals surface area contributed by atoms with Crippen LogP contribution in [0, 0.1) is 0 Å². The molecule has 1 heterocycles. The fourth-order valence-electron chi connectivity index (χ4n) is 1.53. The van der Waals surface area contributed by atoms with E-state index in [0.29, 0.717) is 13.1 Å². The van der Waals surface area contributed by atoms with Gasteiger partial charge in [0.25, 0.3) is 0 Å². The molecule has 0 spiro atoms. The smallest absolute Gasteiger partial charge is 0.116 e. The molecule has 88 valence electrons. The number of hydrogen-bond donors (Lipinski definition) is 2.